The number of H-pyrrole nitrogens is 1. The molecule has 2 unspecified atom stereocenters. The van der Waals surface area contributed by atoms with Crippen molar-refractivity contribution in [1.82, 2.24) is 15.0 Å². The zero-order valence-corrected chi connectivity index (χ0v) is 20.5. The van der Waals surface area contributed by atoms with Crippen LogP contribution in [0.3, 0.4) is 0 Å². The number of allylic oxidation sites excluding steroid dienone is 2. The van der Waals surface area contributed by atoms with E-state index >= 15 is 0 Å². The molecule has 1 amide bonds. The van der Waals surface area contributed by atoms with Crippen LogP contribution in [0.1, 0.15) is 12.8 Å². The van der Waals surface area contributed by atoms with Gasteiger partial charge in [-0.2, -0.15) is 0 Å². The molecule has 5 rings (SSSR count). The molecular formula is C25H25FN4O6S. The summed E-state index contributed by atoms with van der Waals surface area (Å²) in [4.78, 5) is 20.7. The number of nitrogens with zero attached hydrogens (tertiary/aromatic N) is 2. The quantitative estimate of drug-likeness (QED) is 0.454. The summed E-state index contributed by atoms with van der Waals surface area (Å²) in [7, 11) is -4.60. The van der Waals surface area contributed by atoms with Crippen molar-refractivity contribution in [1.29, 1.82) is 0 Å². The number of nitrogens with two attached hydrogens (primary N) is 1. The number of aromatic amines is 1. The highest BCUT2D eigenvalue weighted by molar-refractivity contribution is 7.93. The number of halogens is 1. The molecule has 2 aliphatic rings. The van der Waals surface area contributed by atoms with Gasteiger partial charge in [0.2, 0.25) is 26.6 Å². The first-order chi connectivity index (χ1) is 17.8. The van der Waals surface area contributed by atoms with Crippen molar-refractivity contribution in [3.8, 4) is 11.6 Å². The maximum Gasteiger partial charge on any atom is 0.250 e. The molecule has 3 aromatic heterocycles. The first-order valence-corrected chi connectivity index (χ1v) is 13.2. The molecule has 10 nitrogen and oxygen atoms in total. The Hall–Kier alpha value is -3.77. The van der Waals surface area contributed by atoms with Gasteiger partial charge in [-0.05, 0) is 43.0 Å². The average Bonchev–Trinajstić information content (AvgIpc) is 3.36. The van der Waals surface area contributed by atoms with Crippen LogP contribution in [-0.2, 0) is 19.4 Å². The monoisotopic (exact) mass is 528 g/mol. The van der Waals surface area contributed by atoms with Crippen LogP contribution in [0.4, 0.5) is 4.39 Å². The summed E-state index contributed by atoms with van der Waals surface area (Å²) < 4.78 is 59.9. The Bertz CT molecular complexity index is 1480. The van der Waals surface area contributed by atoms with E-state index in [2.05, 4.69) is 15.0 Å². The molecule has 4 heterocycles. The standard InChI is InChI=1S/C25H25FN4O6S/c26-21-12-19(14-30-24(21)35-15-16-5-9-34-10-6-16)37(32,33)25(7-2-1-3-20(25)22(27)31)36-18-11-17-4-8-28-23(17)29-13-18/h1-4,7-8,11-14,16,20H,5-6,9-10,15H2,(H2,27,31)(H,28,29). The minimum absolute atomic E-state index is 0.0757. The number of hydrogen-bond donors (Lipinski definition) is 2. The number of sulfone groups is 1. The van der Waals surface area contributed by atoms with E-state index in [1.807, 2.05) is 0 Å². The molecule has 0 spiro atoms. The molecule has 1 saturated heterocycles. The normalized spacial score (nSPS) is 22.2. The van der Waals surface area contributed by atoms with Crippen LogP contribution in [0.5, 0.6) is 11.6 Å². The lowest BCUT2D eigenvalue weighted by molar-refractivity contribution is -0.123. The highest BCUT2D eigenvalue weighted by atomic mass is 32.2. The maximum absolute atomic E-state index is 15.0. The molecule has 0 radical (unpaired) electrons. The molecule has 1 aliphatic heterocycles. The number of carbonyl (C=O) groups excluding carboxylic acids is 1. The highest BCUT2D eigenvalue weighted by Gasteiger charge is 2.54. The van der Waals surface area contributed by atoms with E-state index in [9.17, 15) is 17.6 Å². The van der Waals surface area contributed by atoms with Gasteiger partial charge in [-0.3, -0.25) is 4.79 Å². The van der Waals surface area contributed by atoms with Crippen molar-refractivity contribution in [3.63, 3.8) is 0 Å². The van der Waals surface area contributed by atoms with Gasteiger partial charge >= 0.3 is 0 Å². The second-order valence-electron chi connectivity index (χ2n) is 8.86. The molecule has 2 atom stereocenters. The van der Waals surface area contributed by atoms with Crippen LogP contribution in [0, 0.1) is 17.7 Å². The van der Waals surface area contributed by atoms with E-state index in [1.54, 1.807) is 18.3 Å². The first kappa shape index (κ1) is 24.9. The van der Waals surface area contributed by atoms with Gasteiger partial charge in [0, 0.05) is 31.0 Å². The van der Waals surface area contributed by atoms with Crippen molar-refractivity contribution >= 4 is 26.8 Å². The number of pyridine rings is 2. The van der Waals surface area contributed by atoms with E-state index in [0.29, 0.717) is 24.2 Å². The molecule has 0 aromatic carbocycles. The number of aromatic nitrogens is 3. The van der Waals surface area contributed by atoms with Crippen LogP contribution in [-0.4, -0.2) is 54.0 Å². The zero-order chi connectivity index (χ0) is 26.0. The van der Waals surface area contributed by atoms with Gasteiger partial charge in [0.1, 0.15) is 17.3 Å². The highest BCUT2D eigenvalue weighted by Crippen LogP contribution is 2.40. The number of rotatable bonds is 8. The second-order valence-corrected chi connectivity index (χ2v) is 11.0. The molecule has 3 aromatic rings. The molecule has 37 heavy (non-hydrogen) atoms. The number of ether oxygens (including phenoxy) is 3. The SMILES string of the molecule is NC(=O)C1C=CC=CC1(Oc1cnc2[nH]ccc2c1)S(=O)(=O)c1cnc(OCC2CCOCC2)c(F)c1. The van der Waals surface area contributed by atoms with Crippen LogP contribution in [0.25, 0.3) is 11.0 Å². The summed E-state index contributed by atoms with van der Waals surface area (Å²) in [5, 5.41) is 0.662. The molecule has 194 valence electrons. The van der Waals surface area contributed by atoms with Gasteiger partial charge in [-0.25, -0.2) is 22.8 Å². The number of primary amides is 1. The van der Waals surface area contributed by atoms with Crippen LogP contribution in [0.15, 0.2) is 66.0 Å². The third-order valence-corrected chi connectivity index (χ3v) is 8.60. The summed E-state index contributed by atoms with van der Waals surface area (Å²) in [6.07, 6.45) is 11.0. The van der Waals surface area contributed by atoms with Gasteiger partial charge in [-0.1, -0.05) is 18.2 Å². The summed E-state index contributed by atoms with van der Waals surface area (Å²) in [5.74, 6) is -3.36. The topological polar surface area (TPSA) is 146 Å². The Morgan fingerprint density at radius 2 is 2.03 bits per heavy atom. The lowest BCUT2D eigenvalue weighted by Crippen LogP contribution is -2.54. The number of carbonyl (C=O) groups is 1. The lowest BCUT2D eigenvalue weighted by Gasteiger charge is -2.36. The molecular weight excluding hydrogens is 503 g/mol. The molecule has 0 saturated carbocycles. The Morgan fingerprint density at radius 3 is 2.78 bits per heavy atom. The average molecular weight is 529 g/mol. The third kappa shape index (κ3) is 4.69. The molecule has 1 fully saturated rings. The molecule has 3 N–H and O–H groups in total. The summed E-state index contributed by atoms with van der Waals surface area (Å²) in [6.45, 7) is 1.45. The Morgan fingerprint density at radius 1 is 1.22 bits per heavy atom. The molecule has 12 heteroatoms. The predicted octanol–water partition coefficient (Wildman–Crippen LogP) is 2.68. The van der Waals surface area contributed by atoms with Gasteiger partial charge < -0.3 is 24.9 Å². The maximum atomic E-state index is 15.0. The summed E-state index contributed by atoms with van der Waals surface area (Å²) >= 11 is 0. The Labute approximate surface area is 212 Å². The van der Waals surface area contributed by atoms with Crippen molar-refractivity contribution < 1.29 is 31.8 Å². The zero-order valence-electron chi connectivity index (χ0n) is 19.7. The summed E-state index contributed by atoms with van der Waals surface area (Å²) in [5.41, 5.74) is 6.17. The lowest BCUT2D eigenvalue weighted by atomic mass is 9.96. The largest absolute Gasteiger partial charge is 0.475 e. The van der Waals surface area contributed by atoms with Crippen LogP contribution < -0.4 is 15.2 Å². The van der Waals surface area contributed by atoms with Crippen LogP contribution in [0.2, 0.25) is 0 Å². The van der Waals surface area contributed by atoms with Gasteiger partial charge in [0.15, 0.2) is 5.82 Å². The van der Waals surface area contributed by atoms with E-state index in [-0.39, 0.29) is 24.2 Å². The Kier molecular flexibility index (Phi) is 6.69. The number of fused-ring (bicyclic) bond motifs is 1. The van der Waals surface area contributed by atoms with Crippen molar-refractivity contribution in [3.05, 3.63) is 66.9 Å². The molecule has 0 bridgehead atoms. The van der Waals surface area contributed by atoms with Crippen molar-refractivity contribution in [2.75, 3.05) is 19.8 Å². The smallest absolute Gasteiger partial charge is 0.250 e. The van der Waals surface area contributed by atoms with Crippen molar-refractivity contribution in [2.24, 2.45) is 17.6 Å². The van der Waals surface area contributed by atoms with E-state index in [0.717, 1.165) is 25.1 Å². The van der Waals surface area contributed by atoms with Crippen LogP contribution >= 0.6 is 0 Å². The van der Waals surface area contributed by atoms with E-state index in [1.165, 1.54) is 30.5 Å². The fourth-order valence-corrected chi connectivity index (χ4v) is 6.23. The first-order valence-electron chi connectivity index (χ1n) is 11.7. The molecule has 1 aliphatic carbocycles. The van der Waals surface area contributed by atoms with Gasteiger partial charge in [0.05, 0.1) is 17.7 Å². The third-order valence-electron chi connectivity index (χ3n) is 6.44. The summed E-state index contributed by atoms with van der Waals surface area (Å²) in [6, 6.07) is 4.12. The predicted molar refractivity (Wildman–Crippen MR) is 131 cm³/mol. The van der Waals surface area contributed by atoms with Crippen molar-refractivity contribution in [2.45, 2.75) is 22.7 Å². The fourth-order valence-electron chi connectivity index (χ4n) is 4.42. The van der Waals surface area contributed by atoms with E-state index < -0.39 is 37.3 Å². The number of hydrogen-bond acceptors (Lipinski definition) is 8. The second kappa shape index (κ2) is 9.94. The fraction of sp³-hybridized carbons (Fsp3) is 0.320. The number of amides is 1. The minimum Gasteiger partial charge on any atom is -0.475 e. The van der Waals surface area contributed by atoms with Gasteiger partial charge in [-0.15, -0.1) is 0 Å². The number of nitrogens with one attached hydrogen (secondary N) is 1. The van der Waals surface area contributed by atoms with Gasteiger partial charge in [0.25, 0.3) is 0 Å². The van der Waals surface area contributed by atoms with E-state index in [4.69, 9.17) is 19.9 Å². The Balaban J connectivity index is 1.50. The minimum atomic E-state index is -4.60.